The number of benzene rings is 2. The molecule has 2 aromatic carbocycles. The number of carbonyl (C=O) groups excluding carboxylic acids is 3. The number of carbonyl (C=O) groups is 3. The number of ether oxygens (including phenoxy) is 3. The zero-order valence-electron chi connectivity index (χ0n) is 17.6. The summed E-state index contributed by atoms with van der Waals surface area (Å²) in [5.41, 5.74) is 5.19. The highest BCUT2D eigenvalue weighted by molar-refractivity contribution is 6.08. The second-order valence-corrected chi connectivity index (χ2v) is 6.30. The molecular weight excluding hydrogens is 418 g/mol. The Bertz CT molecular complexity index is 1100. The monoisotopic (exact) mass is 439 g/mol. The van der Waals surface area contributed by atoms with Gasteiger partial charge in [-0.2, -0.15) is 0 Å². The molecule has 0 atom stereocenters. The lowest BCUT2D eigenvalue weighted by molar-refractivity contribution is 0.0846. The van der Waals surface area contributed by atoms with E-state index < -0.39 is 17.7 Å². The lowest BCUT2D eigenvalue weighted by Crippen LogP contribution is -2.42. The summed E-state index contributed by atoms with van der Waals surface area (Å²) >= 11 is 0. The van der Waals surface area contributed by atoms with E-state index in [2.05, 4.69) is 16.2 Å². The van der Waals surface area contributed by atoms with E-state index in [9.17, 15) is 14.4 Å². The number of nitrogens with one attached hydrogen (secondary N) is 3. The third-order valence-corrected chi connectivity index (χ3v) is 4.38. The zero-order valence-corrected chi connectivity index (χ0v) is 17.6. The van der Waals surface area contributed by atoms with Gasteiger partial charge in [-0.15, -0.1) is 0 Å². The number of hydrazine groups is 1. The van der Waals surface area contributed by atoms with Crippen molar-refractivity contribution in [2.75, 3.05) is 26.6 Å². The number of furan rings is 1. The van der Waals surface area contributed by atoms with Gasteiger partial charge in [0, 0.05) is 5.56 Å². The Morgan fingerprint density at radius 3 is 2.03 bits per heavy atom. The van der Waals surface area contributed by atoms with Crippen LogP contribution in [0.2, 0.25) is 0 Å². The lowest BCUT2D eigenvalue weighted by atomic mass is 10.1. The van der Waals surface area contributed by atoms with Gasteiger partial charge < -0.3 is 23.9 Å². The van der Waals surface area contributed by atoms with Crippen LogP contribution in [0.15, 0.2) is 59.2 Å². The van der Waals surface area contributed by atoms with Crippen LogP contribution in [-0.2, 0) is 0 Å². The maximum absolute atomic E-state index is 12.6. The van der Waals surface area contributed by atoms with Gasteiger partial charge in [-0.1, -0.05) is 12.1 Å². The highest BCUT2D eigenvalue weighted by atomic mass is 16.5. The molecule has 0 aliphatic carbocycles. The average Bonchev–Trinajstić information content (AvgIpc) is 3.36. The van der Waals surface area contributed by atoms with Gasteiger partial charge >= 0.3 is 0 Å². The first-order chi connectivity index (χ1) is 15.5. The van der Waals surface area contributed by atoms with Gasteiger partial charge in [0.15, 0.2) is 17.3 Å². The fraction of sp³-hybridized carbons (Fsp3) is 0.136. The first-order valence-corrected chi connectivity index (χ1v) is 9.33. The Balaban J connectivity index is 1.72. The standard InChI is InChI=1S/C22H21N3O7/c1-29-17-11-13(12-18(30-2)19(17)31-3)20(26)24-25-21(27)14-7-4-5-8-15(14)23-22(28)16-9-6-10-32-16/h4-12H,1-3H3,(H,23,28)(H,24,26)(H,25,27). The third-order valence-electron chi connectivity index (χ3n) is 4.38. The molecule has 0 aliphatic heterocycles. The summed E-state index contributed by atoms with van der Waals surface area (Å²) < 4.78 is 20.7. The predicted molar refractivity (Wildman–Crippen MR) is 114 cm³/mol. The molecule has 0 saturated carbocycles. The van der Waals surface area contributed by atoms with Crippen LogP contribution in [0.4, 0.5) is 5.69 Å². The molecule has 1 heterocycles. The summed E-state index contributed by atoms with van der Waals surface area (Å²) in [5.74, 6) is -0.774. The summed E-state index contributed by atoms with van der Waals surface area (Å²) in [5, 5.41) is 2.60. The minimum Gasteiger partial charge on any atom is -0.493 e. The largest absolute Gasteiger partial charge is 0.493 e. The van der Waals surface area contributed by atoms with E-state index in [0.717, 1.165) is 0 Å². The molecule has 32 heavy (non-hydrogen) atoms. The molecule has 166 valence electrons. The van der Waals surface area contributed by atoms with Gasteiger partial charge in [0.25, 0.3) is 17.7 Å². The Morgan fingerprint density at radius 1 is 0.781 bits per heavy atom. The lowest BCUT2D eigenvalue weighted by Gasteiger charge is -2.15. The molecule has 0 radical (unpaired) electrons. The fourth-order valence-electron chi connectivity index (χ4n) is 2.85. The number of anilines is 1. The summed E-state index contributed by atoms with van der Waals surface area (Å²) in [4.78, 5) is 37.5. The second kappa shape index (κ2) is 10.0. The highest BCUT2D eigenvalue weighted by Crippen LogP contribution is 2.38. The number of amides is 3. The minimum absolute atomic E-state index is 0.0934. The number of hydrogen-bond acceptors (Lipinski definition) is 7. The molecule has 0 fully saturated rings. The molecule has 0 unspecified atom stereocenters. The molecule has 3 N–H and O–H groups in total. The summed E-state index contributed by atoms with van der Waals surface area (Å²) in [6.07, 6.45) is 1.37. The average molecular weight is 439 g/mol. The van der Waals surface area contributed by atoms with E-state index in [1.165, 1.54) is 51.9 Å². The van der Waals surface area contributed by atoms with Gasteiger partial charge in [-0.25, -0.2) is 0 Å². The van der Waals surface area contributed by atoms with Crippen molar-refractivity contribution < 1.29 is 33.0 Å². The van der Waals surface area contributed by atoms with Gasteiger partial charge in [-0.3, -0.25) is 25.2 Å². The van der Waals surface area contributed by atoms with Gasteiger partial charge in [0.05, 0.1) is 38.8 Å². The number of rotatable bonds is 7. The molecular formula is C22H21N3O7. The molecule has 0 bridgehead atoms. The normalized spacial score (nSPS) is 10.1. The van der Waals surface area contributed by atoms with Crippen LogP contribution in [0.1, 0.15) is 31.3 Å². The molecule has 3 rings (SSSR count). The van der Waals surface area contributed by atoms with E-state index in [1.54, 1.807) is 24.3 Å². The van der Waals surface area contributed by atoms with Crippen molar-refractivity contribution in [3.8, 4) is 17.2 Å². The van der Waals surface area contributed by atoms with Crippen LogP contribution < -0.4 is 30.4 Å². The number of para-hydroxylation sites is 1. The van der Waals surface area contributed by atoms with Crippen molar-refractivity contribution in [1.29, 1.82) is 0 Å². The molecule has 0 aliphatic rings. The molecule has 1 aromatic heterocycles. The van der Waals surface area contributed by atoms with Crippen LogP contribution in [0.5, 0.6) is 17.2 Å². The Labute approximate surface area is 183 Å². The Kier molecular flexibility index (Phi) is 6.96. The number of hydrogen-bond donors (Lipinski definition) is 3. The van der Waals surface area contributed by atoms with Crippen molar-refractivity contribution in [3.05, 3.63) is 71.7 Å². The van der Waals surface area contributed by atoms with Gasteiger partial charge in [-0.05, 0) is 36.4 Å². The van der Waals surface area contributed by atoms with Crippen molar-refractivity contribution in [2.24, 2.45) is 0 Å². The van der Waals surface area contributed by atoms with E-state index in [4.69, 9.17) is 18.6 Å². The van der Waals surface area contributed by atoms with Crippen LogP contribution in [-0.4, -0.2) is 39.1 Å². The molecule has 0 saturated heterocycles. The molecule has 0 spiro atoms. The van der Waals surface area contributed by atoms with Crippen LogP contribution in [0, 0.1) is 0 Å². The summed E-state index contributed by atoms with van der Waals surface area (Å²) in [7, 11) is 4.30. The third kappa shape index (κ3) is 4.81. The van der Waals surface area contributed by atoms with Gasteiger partial charge in [0.2, 0.25) is 5.75 Å². The zero-order chi connectivity index (χ0) is 23.1. The van der Waals surface area contributed by atoms with Crippen molar-refractivity contribution in [3.63, 3.8) is 0 Å². The quantitative estimate of drug-likeness (QED) is 0.483. The summed E-state index contributed by atoms with van der Waals surface area (Å²) in [6.45, 7) is 0. The first kappa shape index (κ1) is 22.2. The van der Waals surface area contributed by atoms with E-state index >= 15 is 0 Å². The van der Waals surface area contributed by atoms with Crippen molar-refractivity contribution in [1.82, 2.24) is 10.9 Å². The SMILES string of the molecule is COc1cc(C(=O)NNC(=O)c2ccccc2NC(=O)c2ccco2)cc(OC)c1OC. The highest BCUT2D eigenvalue weighted by Gasteiger charge is 2.19. The van der Waals surface area contributed by atoms with E-state index in [0.29, 0.717) is 5.75 Å². The predicted octanol–water partition coefficient (Wildman–Crippen LogP) is 2.63. The minimum atomic E-state index is -0.638. The maximum atomic E-state index is 12.6. The smallest absolute Gasteiger partial charge is 0.291 e. The van der Waals surface area contributed by atoms with Gasteiger partial charge in [0.1, 0.15) is 0 Å². The molecule has 3 amide bonds. The molecule has 3 aromatic rings. The van der Waals surface area contributed by atoms with E-state index in [1.807, 2.05) is 0 Å². The Morgan fingerprint density at radius 2 is 1.44 bits per heavy atom. The Hall–Kier alpha value is -4.47. The fourth-order valence-corrected chi connectivity index (χ4v) is 2.85. The molecule has 10 heteroatoms. The topological polar surface area (TPSA) is 128 Å². The summed E-state index contributed by atoms with van der Waals surface area (Å²) in [6, 6.07) is 12.3. The van der Waals surface area contributed by atoms with Crippen LogP contribution >= 0.6 is 0 Å². The van der Waals surface area contributed by atoms with E-state index in [-0.39, 0.29) is 34.1 Å². The number of methoxy groups -OCH3 is 3. The molecule has 10 nitrogen and oxygen atoms in total. The van der Waals surface area contributed by atoms with Crippen LogP contribution in [0.3, 0.4) is 0 Å². The van der Waals surface area contributed by atoms with Crippen LogP contribution in [0.25, 0.3) is 0 Å². The van der Waals surface area contributed by atoms with Crippen molar-refractivity contribution >= 4 is 23.4 Å². The van der Waals surface area contributed by atoms with Crippen molar-refractivity contribution in [2.45, 2.75) is 0 Å². The second-order valence-electron chi connectivity index (χ2n) is 6.30. The maximum Gasteiger partial charge on any atom is 0.291 e. The first-order valence-electron chi connectivity index (χ1n) is 9.33.